The molecule has 2 aromatic rings. The van der Waals surface area contributed by atoms with E-state index in [0.717, 1.165) is 16.9 Å². The lowest BCUT2D eigenvalue weighted by Gasteiger charge is -2.16. The summed E-state index contributed by atoms with van der Waals surface area (Å²) in [5.41, 5.74) is 0.747. The SMILES string of the molecule is COC(=O)C(Cc1ccc(Cl)cc1)NS(=O)(=O)c1ccc(Cl)s1. The average molecular weight is 394 g/mol. The molecule has 0 aliphatic carbocycles. The fourth-order valence-electron chi connectivity index (χ4n) is 1.86. The highest BCUT2D eigenvalue weighted by atomic mass is 35.5. The van der Waals surface area contributed by atoms with Gasteiger partial charge >= 0.3 is 5.97 Å². The van der Waals surface area contributed by atoms with Crippen molar-refractivity contribution in [2.75, 3.05) is 7.11 Å². The van der Waals surface area contributed by atoms with Crippen LogP contribution >= 0.6 is 34.5 Å². The first-order valence-corrected chi connectivity index (χ1v) is 9.47. The topological polar surface area (TPSA) is 72.5 Å². The summed E-state index contributed by atoms with van der Waals surface area (Å²) < 4.78 is 32.1. The Morgan fingerprint density at radius 3 is 2.39 bits per heavy atom. The van der Waals surface area contributed by atoms with Gasteiger partial charge in [0.25, 0.3) is 10.0 Å². The predicted molar refractivity (Wildman–Crippen MR) is 90.6 cm³/mol. The zero-order chi connectivity index (χ0) is 17.0. The molecule has 124 valence electrons. The Labute approximate surface area is 148 Å². The molecule has 0 saturated heterocycles. The van der Waals surface area contributed by atoms with E-state index in [2.05, 4.69) is 9.46 Å². The Kier molecular flexibility index (Phi) is 6.05. The van der Waals surface area contributed by atoms with Crippen molar-refractivity contribution in [3.05, 3.63) is 51.3 Å². The molecule has 9 heteroatoms. The first kappa shape index (κ1) is 18.2. The highest BCUT2D eigenvalue weighted by molar-refractivity contribution is 7.91. The summed E-state index contributed by atoms with van der Waals surface area (Å²) in [5, 5.41) is 0.553. The van der Waals surface area contributed by atoms with Gasteiger partial charge in [0.2, 0.25) is 0 Å². The van der Waals surface area contributed by atoms with Gasteiger partial charge in [0.15, 0.2) is 0 Å². The maximum Gasteiger partial charge on any atom is 0.324 e. The Hall–Kier alpha value is -1.12. The van der Waals surface area contributed by atoms with Crippen LogP contribution in [0.1, 0.15) is 5.56 Å². The zero-order valence-corrected chi connectivity index (χ0v) is 15.1. The van der Waals surface area contributed by atoms with Crippen molar-refractivity contribution in [3.8, 4) is 0 Å². The summed E-state index contributed by atoms with van der Waals surface area (Å²) in [4.78, 5) is 11.9. The molecule has 0 fully saturated rings. The van der Waals surface area contributed by atoms with Gasteiger partial charge in [-0.05, 0) is 36.2 Å². The number of esters is 1. The van der Waals surface area contributed by atoms with Gasteiger partial charge in [-0.1, -0.05) is 35.3 Å². The molecule has 1 aromatic carbocycles. The molecule has 1 atom stereocenters. The number of thiophene rings is 1. The molecule has 0 aliphatic rings. The van der Waals surface area contributed by atoms with E-state index in [0.29, 0.717) is 9.36 Å². The van der Waals surface area contributed by atoms with Crippen LogP contribution < -0.4 is 4.72 Å². The first-order chi connectivity index (χ1) is 10.8. The van der Waals surface area contributed by atoms with Crippen molar-refractivity contribution in [2.45, 2.75) is 16.7 Å². The summed E-state index contributed by atoms with van der Waals surface area (Å²) in [6, 6.07) is 8.58. The van der Waals surface area contributed by atoms with Gasteiger partial charge in [-0.25, -0.2) is 8.42 Å². The van der Waals surface area contributed by atoms with E-state index in [-0.39, 0.29) is 10.6 Å². The summed E-state index contributed by atoms with van der Waals surface area (Å²) in [5.74, 6) is -0.675. The Balaban J connectivity index is 2.22. The molecular formula is C14H13Cl2NO4S2. The molecule has 0 spiro atoms. The maximum absolute atomic E-state index is 12.3. The summed E-state index contributed by atoms with van der Waals surface area (Å²) in [6.07, 6.45) is 0.141. The molecule has 1 heterocycles. The normalized spacial score (nSPS) is 12.8. The molecule has 23 heavy (non-hydrogen) atoms. The van der Waals surface area contributed by atoms with Crippen LogP contribution in [0.3, 0.4) is 0 Å². The van der Waals surface area contributed by atoms with Gasteiger partial charge in [-0.15, -0.1) is 11.3 Å². The third kappa shape index (κ3) is 4.92. The predicted octanol–water partition coefficient (Wildman–Crippen LogP) is 3.12. The second-order valence-electron chi connectivity index (χ2n) is 4.59. The van der Waals surface area contributed by atoms with Crippen molar-refractivity contribution in [3.63, 3.8) is 0 Å². The number of benzene rings is 1. The molecule has 0 saturated carbocycles. The largest absolute Gasteiger partial charge is 0.468 e. The number of carbonyl (C=O) groups excluding carboxylic acids is 1. The standard InChI is InChI=1S/C14H13Cl2NO4S2/c1-21-14(18)11(8-9-2-4-10(15)5-3-9)17-23(19,20)13-7-6-12(16)22-13/h2-7,11,17H,8H2,1H3. The smallest absolute Gasteiger partial charge is 0.324 e. The van der Waals surface area contributed by atoms with Crippen molar-refractivity contribution in [1.29, 1.82) is 0 Å². The van der Waals surface area contributed by atoms with E-state index in [1.165, 1.54) is 19.2 Å². The zero-order valence-electron chi connectivity index (χ0n) is 12.0. The number of methoxy groups -OCH3 is 1. The summed E-state index contributed by atoms with van der Waals surface area (Å²) in [6.45, 7) is 0. The quantitative estimate of drug-likeness (QED) is 0.765. The molecule has 1 aromatic heterocycles. The number of hydrogen-bond acceptors (Lipinski definition) is 5. The van der Waals surface area contributed by atoms with Crippen LogP contribution in [0.2, 0.25) is 9.36 Å². The minimum atomic E-state index is -3.86. The van der Waals surface area contributed by atoms with E-state index in [1.807, 2.05) is 0 Å². The van der Waals surface area contributed by atoms with Crippen LogP contribution in [0.25, 0.3) is 0 Å². The van der Waals surface area contributed by atoms with Gasteiger partial charge in [0, 0.05) is 5.02 Å². The molecule has 5 nitrogen and oxygen atoms in total. The molecule has 0 aliphatic heterocycles. The minimum absolute atomic E-state index is 0.0347. The van der Waals surface area contributed by atoms with Crippen LogP contribution in [0, 0.1) is 0 Å². The van der Waals surface area contributed by atoms with Crippen LogP contribution in [0.4, 0.5) is 0 Å². The Morgan fingerprint density at radius 1 is 1.22 bits per heavy atom. The number of sulfonamides is 1. The summed E-state index contributed by atoms with van der Waals surface area (Å²) >= 11 is 12.5. The molecule has 0 radical (unpaired) electrons. The highest BCUT2D eigenvalue weighted by Crippen LogP contribution is 2.25. The first-order valence-electron chi connectivity index (χ1n) is 6.42. The van der Waals surface area contributed by atoms with Crippen LogP contribution in [0.15, 0.2) is 40.6 Å². The third-order valence-electron chi connectivity index (χ3n) is 2.95. The van der Waals surface area contributed by atoms with E-state index in [4.69, 9.17) is 23.2 Å². The van der Waals surface area contributed by atoms with Gasteiger partial charge in [-0.3, -0.25) is 4.79 Å². The van der Waals surface area contributed by atoms with Gasteiger partial charge in [0.1, 0.15) is 10.3 Å². The van der Waals surface area contributed by atoms with Crippen LogP contribution in [0.5, 0.6) is 0 Å². The van der Waals surface area contributed by atoms with Crippen LogP contribution in [-0.4, -0.2) is 27.5 Å². The second kappa shape index (κ2) is 7.63. The fourth-order valence-corrected chi connectivity index (χ4v) is 4.67. The molecule has 0 amide bonds. The lowest BCUT2D eigenvalue weighted by atomic mass is 10.1. The van der Waals surface area contributed by atoms with Crippen molar-refractivity contribution in [2.24, 2.45) is 0 Å². The van der Waals surface area contributed by atoms with Crippen molar-refractivity contribution >= 4 is 50.5 Å². The number of hydrogen-bond donors (Lipinski definition) is 1. The van der Waals surface area contributed by atoms with E-state index >= 15 is 0 Å². The Bertz CT molecular complexity index is 787. The monoisotopic (exact) mass is 393 g/mol. The summed E-state index contributed by atoms with van der Waals surface area (Å²) in [7, 11) is -2.66. The molecule has 1 unspecified atom stereocenters. The van der Waals surface area contributed by atoms with Crippen LogP contribution in [-0.2, 0) is 26.0 Å². The number of nitrogens with one attached hydrogen (secondary N) is 1. The molecule has 2 rings (SSSR count). The number of carbonyl (C=O) groups is 1. The molecule has 1 N–H and O–H groups in total. The Morgan fingerprint density at radius 2 is 1.87 bits per heavy atom. The van der Waals surface area contributed by atoms with E-state index in [9.17, 15) is 13.2 Å². The van der Waals surface area contributed by atoms with Gasteiger partial charge in [0.05, 0.1) is 11.4 Å². The fraction of sp³-hybridized carbons (Fsp3) is 0.214. The van der Waals surface area contributed by atoms with Gasteiger partial charge in [-0.2, -0.15) is 4.72 Å². The lowest BCUT2D eigenvalue weighted by molar-refractivity contribution is -0.142. The number of halogens is 2. The molecular weight excluding hydrogens is 381 g/mol. The number of rotatable bonds is 6. The van der Waals surface area contributed by atoms with Crippen molar-refractivity contribution < 1.29 is 17.9 Å². The van der Waals surface area contributed by atoms with E-state index < -0.39 is 22.0 Å². The van der Waals surface area contributed by atoms with Gasteiger partial charge < -0.3 is 4.74 Å². The maximum atomic E-state index is 12.3. The minimum Gasteiger partial charge on any atom is -0.468 e. The average Bonchev–Trinajstić information content (AvgIpc) is 2.95. The lowest BCUT2D eigenvalue weighted by Crippen LogP contribution is -2.42. The second-order valence-corrected chi connectivity index (χ2v) is 8.68. The molecule has 0 bridgehead atoms. The third-order valence-corrected chi connectivity index (χ3v) is 6.40. The highest BCUT2D eigenvalue weighted by Gasteiger charge is 2.27. The van der Waals surface area contributed by atoms with Crippen molar-refractivity contribution in [1.82, 2.24) is 4.72 Å². The number of ether oxygens (including phenoxy) is 1. The van der Waals surface area contributed by atoms with E-state index in [1.54, 1.807) is 24.3 Å².